The minimum Gasteiger partial charge on any atom is -0.473 e. The predicted molar refractivity (Wildman–Crippen MR) is 115 cm³/mol. The van der Waals surface area contributed by atoms with Crippen LogP contribution in [0.3, 0.4) is 0 Å². The summed E-state index contributed by atoms with van der Waals surface area (Å²) in [5, 5.41) is 22.6. The van der Waals surface area contributed by atoms with E-state index in [0.29, 0.717) is 23.1 Å². The second-order valence-electron chi connectivity index (χ2n) is 6.29. The molecule has 1 heterocycles. The second kappa shape index (κ2) is 9.65. The van der Waals surface area contributed by atoms with Crippen LogP contribution >= 0.6 is 0 Å². The van der Waals surface area contributed by atoms with E-state index in [0.717, 1.165) is 35.6 Å². The van der Waals surface area contributed by atoms with E-state index in [9.17, 15) is 5.26 Å². The number of anilines is 5. The molecule has 0 unspecified atom stereocenters. The van der Waals surface area contributed by atoms with Crippen LogP contribution in [0.15, 0.2) is 12.1 Å². The summed E-state index contributed by atoms with van der Waals surface area (Å²) in [6.45, 7) is 5.89. The van der Waals surface area contributed by atoms with Gasteiger partial charge < -0.3 is 26.0 Å². The number of rotatable bonds is 9. The normalized spacial score (nSPS) is 10.4. The molecule has 1 aromatic carbocycles. The first-order chi connectivity index (χ1) is 13.5. The Morgan fingerprint density at radius 2 is 1.64 bits per heavy atom. The topological polar surface area (TPSA) is 107 Å². The Morgan fingerprint density at radius 1 is 1.04 bits per heavy atom. The monoisotopic (exact) mass is 383 g/mol. The molecular formula is C20H29N7O. The van der Waals surface area contributed by atoms with E-state index in [1.165, 1.54) is 0 Å². The van der Waals surface area contributed by atoms with Crippen molar-refractivity contribution in [2.45, 2.75) is 39.7 Å². The lowest BCUT2D eigenvalue weighted by Crippen LogP contribution is -2.17. The van der Waals surface area contributed by atoms with Gasteiger partial charge in [-0.1, -0.05) is 13.8 Å². The van der Waals surface area contributed by atoms with Gasteiger partial charge in [0.15, 0.2) is 11.4 Å². The molecule has 28 heavy (non-hydrogen) atoms. The summed E-state index contributed by atoms with van der Waals surface area (Å²) in [6, 6.07) is 6.15. The van der Waals surface area contributed by atoms with Gasteiger partial charge in [-0.25, -0.2) is 4.98 Å². The van der Waals surface area contributed by atoms with Crippen molar-refractivity contribution in [1.29, 1.82) is 5.26 Å². The summed E-state index contributed by atoms with van der Waals surface area (Å²) < 4.78 is 5.99. The Kier molecular flexibility index (Phi) is 7.27. The van der Waals surface area contributed by atoms with E-state index in [1.807, 2.05) is 33.3 Å². The molecule has 4 N–H and O–H groups in total. The zero-order chi connectivity index (χ0) is 20.7. The molecule has 0 fully saturated rings. The van der Waals surface area contributed by atoms with Gasteiger partial charge in [0.2, 0.25) is 5.88 Å². The highest BCUT2D eigenvalue weighted by atomic mass is 16.5. The molecular weight excluding hydrogens is 354 g/mol. The molecule has 0 saturated heterocycles. The van der Waals surface area contributed by atoms with Crippen LogP contribution in [0.25, 0.3) is 0 Å². The highest BCUT2D eigenvalue weighted by Gasteiger charge is 2.19. The van der Waals surface area contributed by atoms with E-state index < -0.39 is 0 Å². The van der Waals surface area contributed by atoms with Crippen LogP contribution in [0.2, 0.25) is 0 Å². The van der Waals surface area contributed by atoms with Gasteiger partial charge in [-0.2, -0.15) is 10.2 Å². The van der Waals surface area contributed by atoms with E-state index in [1.54, 1.807) is 6.92 Å². The Hall–Kier alpha value is -3.21. The molecule has 0 aliphatic heterocycles. The van der Waals surface area contributed by atoms with E-state index in [2.05, 4.69) is 51.2 Å². The summed E-state index contributed by atoms with van der Waals surface area (Å²) in [5.41, 5.74) is 3.75. The first-order valence-corrected chi connectivity index (χ1v) is 9.44. The number of aryl methyl sites for hydroxylation is 1. The minimum atomic E-state index is 0.00454. The van der Waals surface area contributed by atoms with E-state index in [-0.39, 0.29) is 6.10 Å². The molecule has 1 aromatic heterocycles. The maximum absolute atomic E-state index is 9.77. The summed E-state index contributed by atoms with van der Waals surface area (Å²) in [7, 11) is 5.55. The number of hydrogen-bond donors (Lipinski definition) is 4. The van der Waals surface area contributed by atoms with Gasteiger partial charge in [0.05, 0.1) is 23.2 Å². The predicted octanol–water partition coefficient (Wildman–Crippen LogP) is 4.09. The van der Waals surface area contributed by atoms with Crippen molar-refractivity contribution in [1.82, 2.24) is 9.97 Å². The van der Waals surface area contributed by atoms with Gasteiger partial charge in [-0.15, -0.1) is 0 Å². The molecule has 0 radical (unpaired) electrons. The molecule has 0 amide bonds. The average molecular weight is 384 g/mol. The van der Waals surface area contributed by atoms with Crippen LogP contribution in [-0.4, -0.2) is 37.2 Å². The number of nitriles is 1. The molecule has 2 rings (SSSR count). The Balaban J connectivity index is 2.55. The third-order valence-electron chi connectivity index (χ3n) is 4.50. The largest absolute Gasteiger partial charge is 0.473 e. The van der Waals surface area contributed by atoms with E-state index in [4.69, 9.17) is 4.74 Å². The molecule has 8 nitrogen and oxygen atoms in total. The molecule has 0 spiro atoms. The van der Waals surface area contributed by atoms with Gasteiger partial charge in [-0.3, -0.25) is 0 Å². The van der Waals surface area contributed by atoms with Crippen molar-refractivity contribution in [3.05, 3.63) is 23.5 Å². The average Bonchev–Trinajstić information content (AvgIpc) is 2.71. The molecule has 0 aliphatic carbocycles. The summed E-state index contributed by atoms with van der Waals surface area (Å²) in [5.74, 6) is 1.27. The fourth-order valence-electron chi connectivity index (χ4n) is 2.87. The fraction of sp³-hybridized carbons (Fsp3) is 0.450. The number of ether oxygens (including phenoxy) is 1. The Bertz CT molecular complexity index is 831. The van der Waals surface area contributed by atoms with Crippen molar-refractivity contribution in [3.63, 3.8) is 0 Å². The van der Waals surface area contributed by atoms with Gasteiger partial charge >= 0.3 is 0 Å². The number of nitrogens with one attached hydrogen (secondary N) is 4. The van der Waals surface area contributed by atoms with Crippen LogP contribution in [0, 0.1) is 18.3 Å². The van der Waals surface area contributed by atoms with Crippen molar-refractivity contribution >= 4 is 28.6 Å². The lowest BCUT2D eigenvalue weighted by molar-refractivity contribution is 0.184. The Morgan fingerprint density at radius 3 is 2.11 bits per heavy atom. The summed E-state index contributed by atoms with van der Waals surface area (Å²) >= 11 is 0. The highest BCUT2D eigenvalue weighted by Crippen LogP contribution is 2.37. The van der Waals surface area contributed by atoms with Crippen molar-refractivity contribution < 1.29 is 4.74 Å². The molecule has 0 saturated carbocycles. The SMILES string of the molecule is CCC(CC)Oc1nc(C)nc(Nc2c(NC)cc(NC)cc2NC)c1C#N. The Labute approximate surface area is 166 Å². The first-order valence-electron chi connectivity index (χ1n) is 9.44. The maximum atomic E-state index is 9.77. The number of benzene rings is 1. The second-order valence-corrected chi connectivity index (χ2v) is 6.29. The third kappa shape index (κ3) is 4.55. The molecule has 0 bridgehead atoms. The molecule has 0 atom stereocenters. The number of aromatic nitrogens is 2. The fourth-order valence-corrected chi connectivity index (χ4v) is 2.87. The van der Waals surface area contributed by atoms with Crippen molar-refractivity contribution in [2.75, 3.05) is 42.4 Å². The molecule has 8 heteroatoms. The smallest absolute Gasteiger partial charge is 0.237 e. The molecule has 150 valence electrons. The van der Waals surface area contributed by atoms with Crippen LogP contribution < -0.4 is 26.0 Å². The maximum Gasteiger partial charge on any atom is 0.237 e. The first kappa shape index (κ1) is 21.1. The van der Waals surface area contributed by atoms with E-state index >= 15 is 0 Å². The van der Waals surface area contributed by atoms with Crippen molar-refractivity contribution in [2.24, 2.45) is 0 Å². The standard InChI is InChI=1S/C20H29N7O/c1-7-14(8-2)28-20-15(11-21)19(25-12(3)26-20)27-18-16(23-5)9-13(22-4)10-17(18)24-6/h9-10,14,22-24H,7-8H2,1-6H3,(H,25,26,27). The summed E-state index contributed by atoms with van der Waals surface area (Å²) in [6.07, 6.45) is 1.68. The van der Waals surface area contributed by atoms with Gasteiger partial charge in [0.25, 0.3) is 0 Å². The summed E-state index contributed by atoms with van der Waals surface area (Å²) in [4.78, 5) is 8.81. The van der Waals surface area contributed by atoms with Crippen LogP contribution in [0.4, 0.5) is 28.6 Å². The quantitative estimate of drug-likeness (QED) is 0.513. The zero-order valence-corrected chi connectivity index (χ0v) is 17.4. The van der Waals surface area contributed by atoms with Gasteiger partial charge in [0, 0.05) is 26.8 Å². The minimum absolute atomic E-state index is 0.00454. The van der Waals surface area contributed by atoms with Crippen LogP contribution in [0.1, 0.15) is 38.1 Å². The van der Waals surface area contributed by atoms with Gasteiger partial charge in [-0.05, 0) is 31.9 Å². The number of hydrogen-bond acceptors (Lipinski definition) is 8. The van der Waals surface area contributed by atoms with Crippen LogP contribution in [0.5, 0.6) is 5.88 Å². The lowest BCUT2D eigenvalue weighted by Gasteiger charge is -2.20. The highest BCUT2D eigenvalue weighted by molar-refractivity contribution is 5.89. The molecule has 0 aliphatic rings. The zero-order valence-electron chi connectivity index (χ0n) is 17.4. The third-order valence-corrected chi connectivity index (χ3v) is 4.50. The van der Waals surface area contributed by atoms with Crippen LogP contribution in [-0.2, 0) is 0 Å². The number of nitrogens with zero attached hydrogens (tertiary/aromatic N) is 3. The lowest BCUT2D eigenvalue weighted by atomic mass is 10.1. The van der Waals surface area contributed by atoms with Gasteiger partial charge in [0.1, 0.15) is 11.9 Å². The van der Waals surface area contributed by atoms with Crippen molar-refractivity contribution in [3.8, 4) is 11.9 Å². The molecule has 2 aromatic rings.